The molecule has 2 amide bonds. The van der Waals surface area contributed by atoms with Crippen LogP contribution in [0.5, 0.6) is 11.5 Å². The van der Waals surface area contributed by atoms with Gasteiger partial charge in [0.1, 0.15) is 0 Å². The molecule has 0 heterocycles. The number of ether oxygens (including phenoxy) is 2. The Balaban J connectivity index is 1.89. The number of rotatable bonds is 6. The summed E-state index contributed by atoms with van der Waals surface area (Å²) in [6.07, 6.45) is 3.83. The highest BCUT2D eigenvalue weighted by atomic mass is 35.5. The molecule has 0 atom stereocenters. The molecular weight excluding hydrogens is 356 g/mol. The van der Waals surface area contributed by atoms with Crippen LogP contribution in [0.25, 0.3) is 6.08 Å². The molecule has 0 aliphatic heterocycles. The predicted octanol–water partition coefficient (Wildman–Crippen LogP) is 3.22. The van der Waals surface area contributed by atoms with E-state index in [1.165, 1.54) is 7.11 Å². The Kier molecular flexibility index (Phi) is 7.05. The van der Waals surface area contributed by atoms with Crippen LogP contribution in [0.1, 0.15) is 22.8 Å². The lowest BCUT2D eigenvalue weighted by molar-refractivity contribution is -0.123. The summed E-state index contributed by atoms with van der Waals surface area (Å²) in [6, 6.07) is 11.9. The van der Waals surface area contributed by atoms with Gasteiger partial charge in [0.05, 0.1) is 17.7 Å². The highest BCUT2D eigenvalue weighted by Crippen LogP contribution is 2.28. The SMILES string of the molecule is C/C=C/c1ccc(OCC(=O)NNC(=O)c2ccccc2Cl)c(OC)c1. The number of hydrazine groups is 1. The topological polar surface area (TPSA) is 76.7 Å². The minimum absolute atomic E-state index is 0.261. The molecule has 0 aliphatic rings. The third kappa shape index (κ3) is 5.26. The third-order valence-electron chi connectivity index (χ3n) is 3.34. The van der Waals surface area contributed by atoms with E-state index in [4.69, 9.17) is 21.1 Å². The van der Waals surface area contributed by atoms with Gasteiger partial charge >= 0.3 is 0 Å². The highest BCUT2D eigenvalue weighted by Gasteiger charge is 2.12. The minimum Gasteiger partial charge on any atom is -0.493 e. The van der Waals surface area contributed by atoms with Crippen molar-refractivity contribution < 1.29 is 19.1 Å². The zero-order valence-electron chi connectivity index (χ0n) is 14.4. The molecule has 2 N–H and O–H groups in total. The molecule has 2 aromatic carbocycles. The van der Waals surface area contributed by atoms with Gasteiger partial charge in [-0.05, 0) is 36.8 Å². The van der Waals surface area contributed by atoms with Crippen LogP contribution in [-0.4, -0.2) is 25.5 Å². The largest absolute Gasteiger partial charge is 0.493 e. The number of carbonyl (C=O) groups is 2. The molecule has 0 aliphatic carbocycles. The molecule has 6 nitrogen and oxygen atoms in total. The lowest BCUT2D eigenvalue weighted by Gasteiger charge is -2.12. The van der Waals surface area contributed by atoms with E-state index < -0.39 is 11.8 Å². The number of methoxy groups -OCH3 is 1. The second-order valence-corrected chi connectivity index (χ2v) is 5.59. The van der Waals surface area contributed by atoms with Gasteiger partial charge < -0.3 is 9.47 Å². The molecule has 26 heavy (non-hydrogen) atoms. The van der Waals surface area contributed by atoms with Crippen LogP contribution in [0.4, 0.5) is 0 Å². The van der Waals surface area contributed by atoms with Crippen molar-refractivity contribution >= 4 is 29.5 Å². The number of carbonyl (C=O) groups excluding carboxylic acids is 2. The molecule has 7 heteroatoms. The molecule has 0 bridgehead atoms. The number of halogens is 1. The van der Waals surface area contributed by atoms with Crippen molar-refractivity contribution in [3.8, 4) is 11.5 Å². The lowest BCUT2D eigenvalue weighted by atomic mass is 10.2. The highest BCUT2D eigenvalue weighted by molar-refractivity contribution is 6.33. The average Bonchev–Trinajstić information content (AvgIpc) is 2.65. The van der Waals surface area contributed by atoms with Gasteiger partial charge in [0.2, 0.25) is 0 Å². The number of benzene rings is 2. The predicted molar refractivity (Wildman–Crippen MR) is 100 cm³/mol. The fourth-order valence-corrected chi connectivity index (χ4v) is 2.34. The molecule has 0 saturated heterocycles. The van der Waals surface area contributed by atoms with Gasteiger partial charge in [-0.2, -0.15) is 0 Å². The van der Waals surface area contributed by atoms with Gasteiger partial charge in [-0.3, -0.25) is 20.4 Å². The maximum atomic E-state index is 12.0. The molecule has 0 aromatic heterocycles. The van der Waals surface area contributed by atoms with Crippen LogP contribution in [-0.2, 0) is 4.79 Å². The average molecular weight is 375 g/mol. The van der Waals surface area contributed by atoms with Crippen molar-refractivity contribution in [2.24, 2.45) is 0 Å². The molecule has 136 valence electrons. The summed E-state index contributed by atoms with van der Waals surface area (Å²) in [4.78, 5) is 23.8. The van der Waals surface area contributed by atoms with E-state index in [0.717, 1.165) is 5.56 Å². The van der Waals surface area contributed by atoms with Crippen LogP contribution in [0, 0.1) is 0 Å². The number of hydrogen-bond acceptors (Lipinski definition) is 4. The minimum atomic E-state index is -0.523. The van der Waals surface area contributed by atoms with E-state index in [-0.39, 0.29) is 12.2 Å². The fourth-order valence-electron chi connectivity index (χ4n) is 2.12. The third-order valence-corrected chi connectivity index (χ3v) is 3.67. The van der Waals surface area contributed by atoms with Crippen molar-refractivity contribution in [2.75, 3.05) is 13.7 Å². The van der Waals surface area contributed by atoms with E-state index in [1.807, 2.05) is 25.1 Å². The standard InChI is InChI=1S/C19H19ClN2O4/c1-3-6-13-9-10-16(17(11-13)25-2)26-12-18(23)21-22-19(24)14-7-4-5-8-15(14)20/h3-11H,12H2,1-2H3,(H,21,23)(H,22,24)/b6-3+. The van der Waals surface area contributed by atoms with Crippen LogP contribution in [0.2, 0.25) is 5.02 Å². The second-order valence-electron chi connectivity index (χ2n) is 5.18. The van der Waals surface area contributed by atoms with Crippen LogP contribution in [0.3, 0.4) is 0 Å². The molecule has 0 fully saturated rings. The zero-order chi connectivity index (χ0) is 18.9. The van der Waals surface area contributed by atoms with Gasteiger partial charge in [0, 0.05) is 0 Å². The first-order valence-corrected chi connectivity index (χ1v) is 8.20. The first-order valence-electron chi connectivity index (χ1n) is 7.82. The Labute approximate surface area is 156 Å². The second kappa shape index (κ2) is 9.48. The Bertz CT molecular complexity index is 821. The molecule has 0 unspecified atom stereocenters. The number of nitrogens with one attached hydrogen (secondary N) is 2. The van der Waals surface area contributed by atoms with Gasteiger partial charge in [-0.15, -0.1) is 0 Å². The Morgan fingerprint density at radius 3 is 2.58 bits per heavy atom. The maximum absolute atomic E-state index is 12.0. The molecule has 0 radical (unpaired) electrons. The maximum Gasteiger partial charge on any atom is 0.276 e. The number of allylic oxidation sites excluding steroid dienone is 1. The van der Waals surface area contributed by atoms with Crippen molar-refractivity contribution in [1.29, 1.82) is 0 Å². The van der Waals surface area contributed by atoms with E-state index >= 15 is 0 Å². The monoisotopic (exact) mass is 374 g/mol. The van der Waals surface area contributed by atoms with Crippen LogP contribution >= 0.6 is 11.6 Å². The fraction of sp³-hybridized carbons (Fsp3) is 0.158. The zero-order valence-corrected chi connectivity index (χ0v) is 15.2. The molecule has 0 spiro atoms. The first-order chi connectivity index (χ1) is 12.5. The van der Waals surface area contributed by atoms with Crippen molar-refractivity contribution in [1.82, 2.24) is 10.9 Å². The number of amides is 2. The summed E-state index contributed by atoms with van der Waals surface area (Å²) in [5.74, 6) is -0.107. The van der Waals surface area contributed by atoms with E-state index in [2.05, 4.69) is 10.9 Å². The first kappa shape index (κ1) is 19.3. The normalized spacial score (nSPS) is 10.4. The summed E-state index contributed by atoms with van der Waals surface area (Å²) in [5, 5.41) is 0.293. The van der Waals surface area contributed by atoms with Crippen molar-refractivity contribution in [3.63, 3.8) is 0 Å². The Morgan fingerprint density at radius 2 is 1.88 bits per heavy atom. The quantitative estimate of drug-likeness (QED) is 0.761. The molecule has 0 saturated carbocycles. The molecule has 2 rings (SSSR count). The Morgan fingerprint density at radius 1 is 1.12 bits per heavy atom. The van der Waals surface area contributed by atoms with Crippen LogP contribution in [0.15, 0.2) is 48.5 Å². The summed E-state index contributed by atoms with van der Waals surface area (Å²) in [7, 11) is 1.52. The van der Waals surface area contributed by atoms with E-state index in [1.54, 1.807) is 36.4 Å². The summed E-state index contributed by atoms with van der Waals surface area (Å²) in [5.41, 5.74) is 5.77. The van der Waals surface area contributed by atoms with Gasteiger partial charge in [-0.25, -0.2) is 0 Å². The molecular formula is C19H19ClN2O4. The lowest BCUT2D eigenvalue weighted by Crippen LogP contribution is -2.43. The van der Waals surface area contributed by atoms with Crippen molar-refractivity contribution in [2.45, 2.75) is 6.92 Å². The summed E-state index contributed by atoms with van der Waals surface area (Å²) >= 11 is 5.93. The smallest absolute Gasteiger partial charge is 0.276 e. The van der Waals surface area contributed by atoms with Gasteiger partial charge in [0.25, 0.3) is 11.8 Å². The number of hydrogen-bond donors (Lipinski definition) is 2. The summed E-state index contributed by atoms with van der Waals surface area (Å²) in [6.45, 7) is 1.63. The van der Waals surface area contributed by atoms with Gasteiger partial charge in [-0.1, -0.05) is 42.0 Å². The van der Waals surface area contributed by atoms with E-state index in [9.17, 15) is 9.59 Å². The van der Waals surface area contributed by atoms with Gasteiger partial charge in [0.15, 0.2) is 18.1 Å². The van der Waals surface area contributed by atoms with Crippen LogP contribution < -0.4 is 20.3 Å². The van der Waals surface area contributed by atoms with Crippen molar-refractivity contribution in [3.05, 3.63) is 64.7 Å². The molecule has 2 aromatic rings. The summed E-state index contributed by atoms with van der Waals surface area (Å²) < 4.78 is 10.7. The van der Waals surface area contributed by atoms with E-state index in [0.29, 0.717) is 16.5 Å². The Hall–Kier alpha value is -2.99.